The van der Waals surface area contributed by atoms with Crippen molar-refractivity contribution in [2.24, 2.45) is 0 Å². The quantitative estimate of drug-likeness (QED) is 0.753. The first kappa shape index (κ1) is 11.9. The molecule has 0 spiro atoms. The number of nitrogens with one attached hydrogen (secondary N) is 1. The summed E-state index contributed by atoms with van der Waals surface area (Å²) < 4.78 is 24.0. The standard InChI is InChI=1S/C10H20F2N2/c1-14(8-5-10(11)12)9-3-2-6-13-7-4-9/h9-10,13H,2-8H2,1H3. The molecule has 84 valence electrons. The lowest BCUT2D eigenvalue weighted by atomic mass is 10.1. The van der Waals surface area contributed by atoms with E-state index in [-0.39, 0.29) is 6.42 Å². The SMILES string of the molecule is CN(CCC(F)F)C1CCCNCC1. The molecule has 1 aliphatic rings. The molecule has 1 heterocycles. The van der Waals surface area contributed by atoms with E-state index in [2.05, 4.69) is 10.2 Å². The molecule has 1 N–H and O–H groups in total. The van der Waals surface area contributed by atoms with E-state index in [1.807, 2.05) is 7.05 Å². The van der Waals surface area contributed by atoms with Crippen molar-refractivity contribution >= 4 is 0 Å². The van der Waals surface area contributed by atoms with E-state index in [0.717, 1.165) is 32.4 Å². The second-order valence-electron chi connectivity index (χ2n) is 4.00. The zero-order valence-electron chi connectivity index (χ0n) is 8.81. The Bertz CT molecular complexity index is 145. The van der Waals surface area contributed by atoms with Crippen molar-refractivity contribution in [2.45, 2.75) is 38.2 Å². The highest BCUT2D eigenvalue weighted by Gasteiger charge is 2.17. The van der Waals surface area contributed by atoms with Crippen LogP contribution in [0.1, 0.15) is 25.7 Å². The Kier molecular flexibility index (Phi) is 5.33. The smallest absolute Gasteiger partial charge is 0.239 e. The maximum atomic E-state index is 12.0. The van der Waals surface area contributed by atoms with E-state index in [1.54, 1.807) is 0 Å². The lowest BCUT2D eigenvalue weighted by Crippen LogP contribution is -2.33. The van der Waals surface area contributed by atoms with E-state index < -0.39 is 6.43 Å². The highest BCUT2D eigenvalue weighted by molar-refractivity contribution is 4.73. The van der Waals surface area contributed by atoms with Gasteiger partial charge in [-0.15, -0.1) is 0 Å². The Balaban J connectivity index is 2.23. The lowest BCUT2D eigenvalue weighted by molar-refractivity contribution is 0.109. The molecular weight excluding hydrogens is 186 g/mol. The molecule has 0 bridgehead atoms. The largest absolute Gasteiger partial charge is 0.317 e. The summed E-state index contributed by atoms with van der Waals surface area (Å²) in [5.74, 6) is 0. The molecule has 1 unspecified atom stereocenters. The van der Waals surface area contributed by atoms with E-state index >= 15 is 0 Å². The van der Waals surface area contributed by atoms with E-state index in [9.17, 15) is 8.78 Å². The maximum Gasteiger partial charge on any atom is 0.239 e. The minimum Gasteiger partial charge on any atom is -0.317 e. The van der Waals surface area contributed by atoms with Crippen LogP contribution in [0.4, 0.5) is 8.78 Å². The number of rotatable bonds is 4. The third-order valence-corrected chi connectivity index (χ3v) is 2.87. The third-order valence-electron chi connectivity index (χ3n) is 2.87. The summed E-state index contributed by atoms with van der Waals surface area (Å²) >= 11 is 0. The predicted molar refractivity (Wildman–Crippen MR) is 53.8 cm³/mol. The molecule has 14 heavy (non-hydrogen) atoms. The van der Waals surface area contributed by atoms with Crippen molar-refractivity contribution in [3.8, 4) is 0 Å². The molecule has 1 saturated heterocycles. The van der Waals surface area contributed by atoms with Crippen molar-refractivity contribution < 1.29 is 8.78 Å². The topological polar surface area (TPSA) is 15.3 Å². The molecule has 1 aliphatic heterocycles. The summed E-state index contributed by atoms with van der Waals surface area (Å²) in [5.41, 5.74) is 0. The summed E-state index contributed by atoms with van der Waals surface area (Å²) in [6.45, 7) is 2.60. The van der Waals surface area contributed by atoms with Gasteiger partial charge in [-0.05, 0) is 39.4 Å². The average Bonchev–Trinajstić information content (AvgIpc) is 2.42. The monoisotopic (exact) mass is 206 g/mol. The predicted octanol–water partition coefficient (Wildman–Crippen LogP) is 1.72. The normalized spacial score (nSPS) is 24.2. The molecule has 0 aromatic heterocycles. The second-order valence-corrected chi connectivity index (χ2v) is 4.00. The van der Waals surface area contributed by atoms with Crippen LogP contribution in [-0.4, -0.2) is 44.0 Å². The van der Waals surface area contributed by atoms with Gasteiger partial charge >= 0.3 is 0 Å². The van der Waals surface area contributed by atoms with Gasteiger partial charge in [0.25, 0.3) is 0 Å². The lowest BCUT2D eigenvalue weighted by Gasteiger charge is -2.26. The van der Waals surface area contributed by atoms with E-state index in [0.29, 0.717) is 12.6 Å². The van der Waals surface area contributed by atoms with Gasteiger partial charge in [-0.25, -0.2) is 8.78 Å². The van der Waals surface area contributed by atoms with Gasteiger partial charge in [0.05, 0.1) is 0 Å². The van der Waals surface area contributed by atoms with Crippen LogP contribution >= 0.6 is 0 Å². The molecule has 0 aliphatic carbocycles. The van der Waals surface area contributed by atoms with Crippen LogP contribution in [0.3, 0.4) is 0 Å². The minimum atomic E-state index is -2.17. The van der Waals surface area contributed by atoms with E-state index in [4.69, 9.17) is 0 Å². The fraction of sp³-hybridized carbons (Fsp3) is 1.00. The van der Waals surface area contributed by atoms with Crippen LogP contribution in [-0.2, 0) is 0 Å². The number of alkyl halides is 2. The number of nitrogens with zero attached hydrogens (tertiary/aromatic N) is 1. The van der Waals surface area contributed by atoms with Crippen molar-refractivity contribution in [1.82, 2.24) is 10.2 Å². The van der Waals surface area contributed by atoms with Crippen LogP contribution in [0.2, 0.25) is 0 Å². The Morgan fingerprint density at radius 1 is 1.36 bits per heavy atom. The van der Waals surface area contributed by atoms with Crippen molar-refractivity contribution in [2.75, 3.05) is 26.7 Å². The van der Waals surface area contributed by atoms with Gasteiger partial charge in [0, 0.05) is 19.0 Å². The minimum absolute atomic E-state index is 0.000425. The summed E-state index contributed by atoms with van der Waals surface area (Å²) in [4.78, 5) is 2.08. The van der Waals surface area contributed by atoms with Gasteiger partial charge in [0.2, 0.25) is 6.43 Å². The van der Waals surface area contributed by atoms with Gasteiger partial charge < -0.3 is 10.2 Å². The Hall–Kier alpha value is -0.220. The van der Waals surface area contributed by atoms with Crippen LogP contribution in [0.25, 0.3) is 0 Å². The molecule has 1 atom stereocenters. The van der Waals surface area contributed by atoms with Crippen molar-refractivity contribution in [3.05, 3.63) is 0 Å². The third kappa shape index (κ3) is 4.33. The fourth-order valence-corrected chi connectivity index (χ4v) is 1.93. The van der Waals surface area contributed by atoms with Crippen LogP contribution in [0.15, 0.2) is 0 Å². The first-order valence-corrected chi connectivity index (χ1v) is 5.39. The molecule has 1 rings (SSSR count). The summed E-state index contributed by atoms with van der Waals surface area (Å²) in [6.07, 6.45) is 1.21. The zero-order chi connectivity index (χ0) is 10.4. The zero-order valence-corrected chi connectivity index (χ0v) is 8.81. The van der Waals surface area contributed by atoms with Gasteiger partial charge in [0.15, 0.2) is 0 Å². The highest BCUT2D eigenvalue weighted by Crippen LogP contribution is 2.13. The molecule has 2 nitrogen and oxygen atoms in total. The second kappa shape index (κ2) is 6.30. The summed E-state index contributed by atoms with van der Waals surface area (Å²) in [7, 11) is 1.96. The van der Waals surface area contributed by atoms with Crippen LogP contribution < -0.4 is 5.32 Å². The van der Waals surface area contributed by atoms with Gasteiger partial charge in [-0.1, -0.05) is 0 Å². The average molecular weight is 206 g/mol. The molecule has 0 amide bonds. The number of hydrogen-bond acceptors (Lipinski definition) is 2. The summed E-state index contributed by atoms with van der Waals surface area (Å²) in [5, 5.41) is 3.32. The van der Waals surface area contributed by atoms with Gasteiger partial charge in [-0.2, -0.15) is 0 Å². The molecule has 0 radical (unpaired) electrons. The maximum absolute atomic E-state index is 12.0. The van der Waals surface area contributed by atoms with Gasteiger partial charge in [-0.3, -0.25) is 0 Å². The summed E-state index contributed by atoms with van der Waals surface area (Å²) in [6, 6.07) is 0.490. The fourth-order valence-electron chi connectivity index (χ4n) is 1.93. The molecule has 1 fully saturated rings. The first-order chi connectivity index (χ1) is 6.70. The van der Waals surface area contributed by atoms with Crippen molar-refractivity contribution in [1.29, 1.82) is 0 Å². The van der Waals surface area contributed by atoms with Crippen LogP contribution in [0, 0.1) is 0 Å². The highest BCUT2D eigenvalue weighted by atomic mass is 19.3. The number of hydrogen-bond donors (Lipinski definition) is 1. The van der Waals surface area contributed by atoms with Crippen molar-refractivity contribution in [3.63, 3.8) is 0 Å². The Morgan fingerprint density at radius 3 is 2.86 bits per heavy atom. The Morgan fingerprint density at radius 2 is 2.14 bits per heavy atom. The number of halogens is 2. The molecule has 0 aromatic rings. The van der Waals surface area contributed by atoms with Crippen LogP contribution in [0.5, 0.6) is 0 Å². The molecule has 0 saturated carbocycles. The Labute approximate surface area is 84.7 Å². The first-order valence-electron chi connectivity index (χ1n) is 5.39. The molecular formula is C10H20F2N2. The van der Waals surface area contributed by atoms with Gasteiger partial charge in [0.1, 0.15) is 0 Å². The molecule has 4 heteroatoms. The van der Waals surface area contributed by atoms with E-state index in [1.165, 1.54) is 0 Å². The molecule has 0 aromatic carbocycles.